The minimum atomic E-state index is -0.866. The lowest BCUT2D eigenvalue weighted by Gasteiger charge is -2.41. The molecule has 0 unspecified atom stereocenters. The first kappa shape index (κ1) is 21.8. The Labute approximate surface area is 186 Å². The summed E-state index contributed by atoms with van der Waals surface area (Å²) in [6, 6.07) is 10.8. The second-order valence-electron chi connectivity index (χ2n) is 7.36. The monoisotopic (exact) mass is 457 g/mol. The third kappa shape index (κ3) is 4.04. The molecule has 2 saturated heterocycles. The number of esters is 2. The highest BCUT2D eigenvalue weighted by Crippen LogP contribution is 2.52. The molecule has 2 aromatic rings. The molecule has 32 heavy (non-hydrogen) atoms. The van der Waals surface area contributed by atoms with Crippen LogP contribution in [0.2, 0.25) is 0 Å². The van der Waals surface area contributed by atoms with Crippen LogP contribution >= 0.6 is 11.8 Å². The maximum atomic E-state index is 13.0. The van der Waals surface area contributed by atoms with E-state index < -0.39 is 34.2 Å². The number of nitrogens with zero attached hydrogens (tertiary/aromatic N) is 2. The number of thioether (sulfide) groups is 1. The number of rotatable bonds is 6. The van der Waals surface area contributed by atoms with Crippen molar-refractivity contribution in [2.45, 2.75) is 36.2 Å². The highest BCUT2D eigenvalue weighted by Gasteiger charge is 2.60. The highest BCUT2D eigenvalue weighted by molar-refractivity contribution is 8.00. The fraction of sp³-hybridized carbons (Fsp3) is 0.286. The van der Waals surface area contributed by atoms with Crippen LogP contribution < -0.4 is 10.5 Å². The van der Waals surface area contributed by atoms with Gasteiger partial charge in [0, 0.05) is 19.1 Å². The predicted molar refractivity (Wildman–Crippen MR) is 113 cm³/mol. The first-order valence-corrected chi connectivity index (χ1v) is 10.6. The standard InChI is InChI=1S/C21H19N3O7S/c1-11(25)31-15-8-4-13(5-9-15)18-17(23-19(26)16(22)20(23)32-18)21(27)30-10-12-2-6-14(7-3-12)24(28)29/h2-9,16-18,20H,10,22H2,1H3/t16-,17-,18-,20-/m1/s1. The average molecular weight is 457 g/mol. The van der Waals surface area contributed by atoms with Gasteiger partial charge in [0.2, 0.25) is 5.91 Å². The van der Waals surface area contributed by atoms with Crippen molar-refractivity contribution in [3.63, 3.8) is 0 Å². The van der Waals surface area contributed by atoms with E-state index in [0.29, 0.717) is 11.3 Å². The van der Waals surface area contributed by atoms with E-state index in [1.54, 1.807) is 24.3 Å². The normalized spacial score (nSPS) is 23.8. The summed E-state index contributed by atoms with van der Waals surface area (Å²) in [4.78, 5) is 48.2. The van der Waals surface area contributed by atoms with Crippen LogP contribution in [0, 0.1) is 10.1 Å². The van der Waals surface area contributed by atoms with Gasteiger partial charge in [0.25, 0.3) is 5.69 Å². The number of carbonyl (C=O) groups is 3. The van der Waals surface area contributed by atoms with E-state index in [9.17, 15) is 24.5 Å². The van der Waals surface area contributed by atoms with Crippen molar-refractivity contribution < 1.29 is 28.8 Å². The zero-order valence-corrected chi connectivity index (χ0v) is 17.7. The molecule has 0 bridgehead atoms. The van der Waals surface area contributed by atoms with Gasteiger partial charge < -0.3 is 20.1 Å². The summed E-state index contributed by atoms with van der Waals surface area (Å²) in [5, 5.41) is 10.0. The number of amides is 1. The van der Waals surface area contributed by atoms with E-state index in [2.05, 4.69) is 0 Å². The molecule has 2 aliphatic heterocycles. The van der Waals surface area contributed by atoms with E-state index in [0.717, 1.165) is 5.56 Å². The molecular weight excluding hydrogens is 438 g/mol. The van der Waals surface area contributed by atoms with Crippen LogP contribution in [0.4, 0.5) is 5.69 Å². The molecular formula is C21H19N3O7S. The Kier molecular flexibility index (Phi) is 5.85. The lowest BCUT2D eigenvalue weighted by molar-refractivity contribution is -0.384. The van der Waals surface area contributed by atoms with Gasteiger partial charge in [0.1, 0.15) is 29.8 Å². The number of nitrogens with two attached hydrogens (primary N) is 1. The van der Waals surface area contributed by atoms with Crippen molar-refractivity contribution in [3.05, 3.63) is 69.8 Å². The molecule has 0 aliphatic carbocycles. The fourth-order valence-electron chi connectivity index (χ4n) is 3.67. The number of carbonyl (C=O) groups excluding carboxylic acids is 3. The lowest BCUT2D eigenvalue weighted by Crippen LogP contribution is -2.68. The number of benzene rings is 2. The molecule has 2 aliphatic rings. The van der Waals surface area contributed by atoms with Crippen molar-refractivity contribution >= 4 is 35.3 Å². The number of non-ortho nitro benzene ring substituents is 1. The minimum absolute atomic E-state index is 0.0625. The predicted octanol–water partition coefficient (Wildman–Crippen LogP) is 1.92. The van der Waals surface area contributed by atoms with Crippen LogP contribution in [-0.4, -0.2) is 45.1 Å². The summed E-state index contributed by atoms with van der Waals surface area (Å²) < 4.78 is 10.5. The summed E-state index contributed by atoms with van der Waals surface area (Å²) in [6.45, 7) is 1.21. The van der Waals surface area contributed by atoms with Gasteiger partial charge >= 0.3 is 11.9 Å². The van der Waals surface area contributed by atoms with Crippen molar-refractivity contribution in [2.75, 3.05) is 0 Å². The second kappa shape index (κ2) is 8.60. The third-order valence-corrected chi connectivity index (χ3v) is 6.86. The number of fused-ring (bicyclic) bond motifs is 1. The first-order chi connectivity index (χ1) is 15.3. The highest BCUT2D eigenvalue weighted by atomic mass is 32.2. The van der Waals surface area contributed by atoms with E-state index in [1.165, 1.54) is 47.9 Å². The summed E-state index contributed by atoms with van der Waals surface area (Å²) in [6.07, 6.45) is 0. The number of hydrogen-bond acceptors (Lipinski definition) is 9. The molecule has 11 heteroatoms. The maximum absolute atomic E-state index is 13.0. The van der Waals surface area contributed by atoms with Crippen LogP contribution in [0.5, 0.6) is 5.75 Å². The smallest absolute Gasteiger partial charge is 0.330 e. The van der Waals surface area contributed by atoms with Gasteiger partial charge in [-0.2, -0.15) is 0 Å². The molecule has 2 heterocycles. The largest absolute Gasteiger partial charge is 0.459 e. The molecule has 0 radical (unpaired) electrons. The van der Waals surface area contributed by atoms with Crippen LogP contribution in [0.25, 0.3) is 0 Å². The summed E-state index contributed by atoms with van der Waals surface area (Å²) >= 11 is 1.40. The molecule has 4 atom stereocenters. The summed E-state index contributed by atoms with van der Waals surface area (Å²) in [5.41, 5.74) is 7.20. The molecule has 10 nitrogen and oxygen atoms in total. The molecule has 0 spiro atoms. The molecule has 2 N–H and O–H groups in total. The topological polar surface area (TPSA) is 142 Å². The van der Waals surface area contributed by atoms with Gasteiger partial charge in [-0.05, 0) is 35.4 Å². The molecule has 0 aromatic heterocycles. The van der Waals surface area contributed by atoms with Crippen LogP contribution in [-0.2, 0) is 25.7 Å². The first-order valence-electron chi connectivity index (χ1n) is 9.68. The van der Waals surface area contributed by atoms with Crippen LogP contribution in [0.15, 0.2) is 48.5 Å². The lowest BCUT2D eigenvalue weighted by atomic mass is 9.98. The van der Waals surface area contributed by atoms with Crippen molar-refractivity contribution in [1.29, 1.82) is 0 Å². The second-order valence-corrected chi connectivity index (χ2v) is 8.62. The quantitative estimate of drug-likeness (QED) is 0.226. The third-order valence-electron chi connectivity index (χ3n) is 5.23. The maximum Gasteiger partial charge on any atom is 0.330 e. The van der Waals surface area contributed by atoms with Gasteiger partial charge in [-0.3, -0.25) is 19.7 Å². The number of nitro groups is 1. The Morgan fingerprint density at radius 1 is 1.16 bits per heavy atom. The van der Waals surface area contributed by atoms with Crippen molar-refractivity contribution in [2.24, 2.45) is 5.73 Å². The Morgan fingerprint density at radius 3 is 2.41 bits per heavy atom. The Balaban J connectivity index is 1.50. The zero-order valence-electron chi connectivity index (χ0n) is 16.9. The molecule has 4 rings (SSSR count). The van der Waals surface area contributed by atoms with Gasteiger partial charge in [0.05, 0.1) is 10.2 Å². The average Bonchev–Trinajstić information content (AvgIpc) is 3.14. The minimum Gasteiger partial charge on any atom is -0.459 e. The SMILES string of the molecule is CC(=O)Oc1ccc([C@H]2S[C@@H]3[C@H](N)C(=O)N3[C@H]2C(=O)OCc2ccc([N+](=O)[O-])cc2)cc1. The fourth-order valence-corrected chi connectivity index (χ4v) is 5.33. The van der Waals surface area contributed by atoms with Gasteiger partial charge in [-0.15, -0.1) is 11.8 Å². The van der Waals surface area contributed by atoms with Crippen LogP contribution in [0.3, 0.4) is 0 Å². The van der Waals surface area contributed by atoms with Crippen LogP contribution in [0.1, 0.15) is 23.3 Å². The zero-order chi connectivity index (χ0) is 23.0. The van der Waals surface area contributed by atoms with E-state index in [1.807, 2.05) is 0 Å². The van der Waals surface area contributed by atoms with Gasteiger partial charge in [0.15, 0.2) is 0 Å². The number of nitro benzene ring substituents is 1. The summed E-state index contributed by atoms with van der Waals surface area (Å²) in [7, 11) is 0. The number of ether oxygens (including phenoxy) is 2. The molecule has 166 valence electrons. The molecule has 0 saturated carbocycles. The Hall–Kier alpha value is -3.44. The Bertz CT molecular complexity index is 1070. The van der Waals surface area contributed by atoms with Crippen molar-refractivity contribution in [1.82, 2.24) is 4.90 Å². The summed E-state index contributed by atoms with van der Waals surface area (Å²) in [5.74, 6) is -0.981. The number of β-lactam (4-membered cyclic amide) rings is 1. The van der Waals surface area contributed by atoms with Gasteiger partial charge in [-0.1, -0.05) is 12.1 Å². The molecule has 2 aromatic carbocycles. The molecule has 1 amide bonds. The van der Waals surface area contributed by atoms with Gasteiger partial charge in [-0.25, -0.2) is 4.79 Å². The number of hydrogen-bond donors (Lipinski definition) is 1. The van der Waals surface area contributed by atoms with E-state index in [-0.39, 0.29) is 23.6 Å². The van der Waals surface area contributed by atoms with E-state index >= 15 is 0 Å². The Morgan fingerprint density at radius 2 is 1.81 bits per heavy atom. The molecule has 2 fully saturated rings. The van der Waals surface area contributed by atoms with Crippen molar-refractivity contribution in [3.8, 4) is 5.75 Å². The van der Waals surface area contributed by atoms with E-state index in [4.69, 9.17) is 15.2 Å².